The molecule has 2 rings (SSSR count). The van der Waals surface area contributed by atoms with Crippen molar-refractivity contribution in [3.05, 3.63) is 39.4 Å². The summed E-state index contributed by atoms with van der Waals surface area (Å²) in [5, 5.41) is 14.1. The molecule has 0 saturated carbocycles. The van der Waals surface area contributed by atoms with E-state index in [2.05, 4.69) is 5.32 Å². The van der Waals surface area contributed by atoms with Crippen LogP contribution in [0.5, 0.6) is 0 Å². The van der Waals surface area contributed by atoms with E-state index in [-0.39, 0.29) is 30.0 Å². The van der Waals surface area contributed by atoms with Crippen molar-refractivity contribution in [3.63, 3.8) is 0 Å². The Bertz CT molecular complexity index is 522. The number of piperazine rings is 1. The third kappa shape index (κ3) is 3.68. The van der Waals surface area contributed by atoms with E-state index in [0.29, 0.717) is 18.7 Å². The van der Waals surface area contributed by atoms with Crippen molar-refractivity contribution < 1.29 is 9.72 Å². The third-order valence-corrected chi connectivity index (χ3v) is 3.18. The fourth-order valence-corrected chi connectivity index (χ4v) is 2.29. The smallest absolute Gasteiger partial charge is 0.270 e. The number of carbonyl (C=O) groups excluding carboxylic acids is 1. The van der Waals surface area contributed by atoms with Gasteiger partial charge in [0.15, 0.2) is 0 Å². The lowest BCUT2D eigenvalue weighted by atomic mass is 10.1. The van der Waals surface area contributed by atoms with Crippen molar-refractivity contribution in [3.8, 4) is 0 Å². The summed E-state index contributed by atoms with van der Waals surface area (Å²) in [4.78, 5) is 24.4. The first-order chi connectivity index (χ1) is 8.97. The molecule has 1 aliphatic rings. The first-order valence-corrected chi connectivity index (χ1v) is 6.26. The van der Waals surface area contributed by atoms with Gasteiger partial charge in [-0.1, -0.05) is 0 Å². The molecule has 110 valence electrons. The molecule has 0 radical (unpaired) electrons. The first-order valence-electron chi connectivity index (χ1n) is 6.26. The van der Waals surface area contributed by atoms with E-state index in [9.17, 15) is 14.9 Å². The molecule has 1 fully saturated rings. The minimum absolute atomic E-state index is 0. The van der Waals surface area contributed by atoms with Gasteiger partial charge in [-0.2, -0.15) is 0 Å². The Morgan fingerprint density at radius 1 is 1.45 bits per heavy atom. The lowest BCUT2D eigenvalue weighted by Gasteiger charge is -2.32. The van der Waals surface area contributed by atoms with E-state index >= 15 is 0 Å². The average molecular weight is 300 g/mol. The van der Waals surface area contributed by atoms with Crippen molar-refractivity contribution in [2.24, 2.45) is 0 Å². The summed E-state index contributed by atoms with van der Waals surface area (Å²) in [6, 6.07) is 4.76. The molecule has 0 aromatic heterocycles. The summed E-state index contributed by atoms with van der Waals surface area (Å²) < 4.78 is 0. The van der Waals surface area contributed by atoms with Gasteiger partial charge in [-0.15, -0.1) is 12.4 Å². The van der Waals surface area contributed by atoms with Gasteiger partial charge in [0.25, 0.3) is 11.6 Å². The van der Waals surface area contributed by atoms with Crippen LogP contribution in [-0.2, 0) is 0 Å². The fourth-order valence-electron chi connectivity index (χ4n) is 2.29. The third-order valence-electron chi connectivity index (χ3n) is 3.18. The number of benzene rings is 1. The molecule has 1 atom stereocenters. The number of nitro benzene ring substituents is 1. The molecule has 1 aromatic carbocycles. The highest BCUT2D eigenvalue weighted by atomic mass is 35.5. The van der Waals surface area contributed by atoms with Crippen LogP contribution >= 0.6 is 12.4 Å². The summed E-state index contributed by atoms with van der Waals surface area (Å²) in [6.45, 7) is 5.77. The molecule has 1 amide bonds. The number of nitrogens with zero attached hydrogens (tertiary/aromatic N) is 2. The molecular weight excluding hydrogens is 282 g/mol. The average Bonchev–Trinajstić information content (AvgIpc) is 2.37. The molecule has 1 saturated heterocycles. The fraction of sp³-hybridized carbons (Fsp3) is 0.462. The number of hydrogen-bond donors (Lipinski definition) is 1. The summed E-state index contributed by atoms with van der Waals surface area (Å²) in [5.74, 6) is -0.139. The molecule has 0 spiro atoms. The maximum Gasteiger partial charge on any atom is 0.270 e. The molecule has 1 aromatic rings. The maximum atomic E-state index is 12.3. The molecule has 1 heterocycles. The summed E-state index contributed by atoms with van der Waals surface area (Å²) in [6.07, 6.45) is 0. The van der Waals surface area contributed by atoms with E-state index in [0.717, 1.165) is 12.1 Å². The Kier molecular flexibility index (Phi) is 5.47. The largest absolute Gasteiger partial charge is 0.336 e. The SMILES string of the molecule is Cc1cc(C(=O)N2CCN[C@H](C)C2)cc([N+](=O)[O-])c1.Cl. The zero-order valence-electron chi connectivity index (χ0n) is 11.5. The van der Waals surface area contributed by atoms with Crippen molar-refractivity contribution in [1.82, 2.24) is 10.2 Å². The highest BCUT2D eigenvalue weighted by Gasteiger charge is 2.23. The zero-order chi connectivity index (χ0) is 14.0. The number of halogens is 1. The van der Waals surface area contributed by atoms with Gasteiger partial charge >= 0.3 is 0 Å². The Labute approximate surface area is 123 Å². The lowest BCUT2D eigenvalue weighted by molar-refractivity contribution is -0.384. The van der Waals surface area contributed by atoms with Crippen LogP contribution in [0.4, 0.5) is 5.69 Å². The topological polar surface area (TPSA) is 75.5 Å². The van der Waals surface area contributed by atoms with Crippen molar-refractivity contribution in [2.75, 3.05) is 19.6 Å². The van der Waals surface area contributed by atoms with Crippen LogP contribution < -0.4 is 5.32 Å². The van der Waals surface area contributed by atoms with Crippen molar-refractivity contribution in [2.45, 2.75) is 19.9 Å². The summed E-state index contributed by atoms with van der Waals surface area (Å²) >= 11 is 0. The Morgan fingerprint density at radius 3 is 2.75 bits per heavy atom. The second-order valence-corrected chi connectivity index (χ2v) is 4.92. The molecule has 1 N–H and O–H groups in total. The van der Waals surface area contributed by atoms with Crippen LogP contribution in [0.2, 0.25) is 0 Å². The zero-order valence-corrected chi connectivity index (χ0v) is 12.3. The molecule has 20 heavy (non-hydrogen) atoms. The predicted molar refractivity (Wildman–Crippen MR) is 78.4 cm³/mol. The minimum atomic E-state index is -0.468. The van der Waals surface area contributed by atoms with Crippen LogP contribution in [0.15, 0.2) is 18.2 Å². The van der Waals surface area contributed by atoms with Gasteiger partial charge in [0.05, 0.1) is 4.92 Å². The van der Waals surface area contributed by atoms with Gasteiger partial charge in [-0.25, -0.2) is 0 Å². The van der Waals surface area contributed by atoms with Crippen LogP contribution in [0.3, 0.4) is 0 Å². The Hall–Kier alpha value is -1.66. The maximum absolute atomic E-state index is 12.3. The number of amides is 1. The quantitative estimate of drug-likeness (QED) is 0.667. The van der Waals surface area contributed by atoms with Crippen LogP contribution in [-0.4, -0.2) is 41.4 Å². The van der Waals surface area contributed by atoms with Gasteiger partial charge in [0.2, 0.25) is 0 Å². The predicted octanol–water partition coefficient (Wildman–Crippen LogP) is 1.76. The van der Waals surface area contributed by atoms with Crippen LogP contribution in [0, 0.1) is 17.0 Å². The van der Waals surface area contributed by atoms with Gasteiger partial charge in [-0.05, 0) is 25.5 Å². The van der Waals surface area contributed by atoms with Gasteiger partial charge in [-0.3, -0.25) is 14.9 Å². The molecule has 0 bridgehead atoms. The van der Waals surface area contributed by atoms with Gasteiger partial charge in [0.1, 0.15) is 0 Å². The van der Waals surface area contributed by atoms with Gasteiger partial charge < -0.3 is 10.2 Å². The second kappa shape index (κ2) is 6.67. The van der Waals surface area contributed by atoms with E-state index in [4.69, 9.17) is 0 Å². The highest BCUT2D eigenvalue weighted by Crippen LogP contribution is 2.18. The van der Waals surface area contributed by atoms with Crippen molar-refractivity contribution >= 4 is 24.0 Å². The van der Waals surface area contributed by atoms with E-state index in [1.165, 1.54) is 12.1 Å². The van der Waals surface area contributed by atoms with E-state index in [1.54, 1.807) is 17.9 Å². The van der Waals surface area contributed by atoms with Crippen molar-refractivity contribution in [1.29, 1.82) is 0 Å². The van der Waals surface area contributed by atoms with Gasteiger partial charge in [0, 0.05) is 43.4 Å². The first kappa shape index (κ1) is 16.4. The molecule has 6 nitrogen and oxygen atoms in total. The molecule has 0 aliphatic carbocycles. The summed E-state index contributed by atoms with van der Waals surface area (Å²) in [7, 11) is 0. The standard InChI is InChI=1S/C13H17N3O3.ClH/c1-9-5-11(7-12(6-9)16(18)19)13(17)15-4-3-14-10(2)8-15;/h5-7,10,14H,3-4,8H2,1-2H3;1H/t10-;/m1./s1. The number of aryl methyl sites for hydroxylation is 1. The number of hydrogen-bond acceptors (Lipinski definition) is 4. The van der Waals surface area contributed by atoms with Crippen LogP contribution in [0.25, 0.3) is 0 Å². The number of non-ortho nitro benzene ring substituents is 1. The Balaban J connectivity index is 0.00000200. The molecule has 0 unspecified atom stereocenters. The molecular formula is C13H18ClN3O3. The number of nitrogens with one attached hydrogen (secondary N) is 1. The number of nitro groups is 1. The molecule has 1 aliphatic heterocycles. The Morgan fingerprint density at radius 2 is 2.15 bits per heavy atom. The monoisotopic (exact) mass is 299 g/mol. The lowest BCUT2D eigenvalue weighted by Crippen LogP contribution is -2.51. The summed E-state index contributed by atoms with van der Waals surface area (Å²) in [5.41, 5.74) is 1.08. The normalized spacial score (nSPS) is 18.3. The highest BCUT2D eigenvalue weighted by molar-refractivity contribution is 5.95. The van der Waals surface area contributed by atoms with E-state index in [1.807, 2.05) is 6.92 Å². The number of rotatable bonds is 2. The number of carbonyl (C=O) groups is 1. The van der Waals surface area contributed by atoms with E-state index < -0.39 is 4.92 Å². The molecule has 7 heteroatoms. The van der Waals surface area contributed by atoms with Crippen LogP contribution in [0.1, 0.15) is 22.8 Å². The second-order valence-electron chi connectivity index (χ2n) is 4.92. The minimum Gasteiger partial charge on any atom is -0.336 e.